The summed E-state index contributed by atoms with van der Waals surface area (Å²) in [5.74, 6) is 0. The summed E-state index contributed by atoms with van der Waals surface area (Å²) in [5.41, 5.74) is 6.81. The van der Waals surface area contributed by atoms with E-state index in [1.807, 2.05) is 12.1 Å². The van der Waals surface area contributed by atoms with Gasteiger partial charge in [0.1, 0.15) is 4.60 Å². The van der Waals surface area contributed by atoms with Crippen LogP contribution in [0, 0.1) is 0 Å². The van der Waals surface area contributed by atoms with E-state index in [4.69, 9.17) is 10.5 Å². The van der Waals surface area contributed by atoms with Crippen LogP contribution in [-0.4, -0.2) is 18.2 Å². The van der Waals surface area contributed by atoms with Crippen molar-refractivity contribution in [2.24, 2.45) is 5.73 Å². The largest absolute Gasteiger partial charge is 0.377 e. The Morgan fingerprint density at radius 1 is 1.58 bits per heavy atom. The molecule has 0 unspecified atom stereocenters. The summed E-state index contributed by atoms with van der Waals surface area (Å²) < 4.78 is 5.89. The Morgan fingerprint density at radius 2 is 2.33 bits per heavy atom. The van der Waals surface area contributed by atoms with Crippen LogP contribution in [0.4, 0.5) is 0 Å². The lowest BCUT2D eigenvalue weighted by atomic mass is 9.90. The van der Waals surface area contributed by atoms with E-state index in [2.05, 4.69) is 20.9 Å². The maximum Gasteiger partial charge on any atom is 0.106 e. The van der Waals surface area contributed by atoms with Gasteiger partial charge in [0.15, 0.2) is 0 Å². The van der Waals surface area contributed by atoms with Crippen molar-refractivity contribution < 1.29 is 4.74 Å². The summed E-state index contributed by atoms with van der Waals surface area (Å²) in [6.45, 7) is 1.20. The van der Waals surface area contributed by atoms with E-state index < -0.39 is 0 Å². The molecule has 0 aromatic carbocycles. The van der Waals surface area contributed by atoms with Crippen LogP contribution in [0.15, 0.2) is 22.9 Å². The average Bonchev–Trinajstić information content (AvgIpc) is 2.00. The van der Waals surface area contributed by atoms with Crippen LogP contribution in [-0.2, 0) is 10.3 Å². The van der Waals surface area contributed by atoms with E-state index in [-0.39, 0.29) is 5.54 Å². The average molecular weight is 229 g/mol. The highest BCUT2D eigenvalue weighted by Gasteiger charge is 2.36. The van der Waals surface area contributed by atoms with Crippen molar-refractivity contribution in [3.05, 3.63) is 28.5 Å². The molecule has 3 nitrogen and oxygen atoms in total. The van der Waals surface area contributed by atoms with Crippen molar-refractivity contribution in [1.29, 1.82) is 0 Å². The van der Waals surface area contributed by atoms with Gasteiger partial charge in [-0.1, -0.05) is 0 Å². The van der Waals surface area contributed by atoms with Crippen LogP contribution in [0.3, 0.4) is 0 Å². The van der Waals surface area contributed by atoms with Gasteiger partial charge < -0.3 is 10.5 Å². The first-order chi connectivity index (χ1) is 5.71. The van der Waals surface area contributed by atoms with Crippen molar-refractivity contribution in [3.63, 3.8) is 0 Å². The maximum atomic E-state index is 6.02. The number of pyridine rings is 1. The summed E-state index contributed by atoms with van der Waals surface area (Å²) in [5, 5.41) is 0. The van der Waals surface area contributed by atoms with Crippen LogP contribution in [0.1, 0.15) is 5.56 Å². The summed E-state index contributed by atoms with van der Waals surface area (Å²) in [6, 6.07) is 3.86. The molecule has 0 bridgehead atoms. The van der Waals surface area contributed by atoms with E-state index >= 15 is 0 Å². The zero-order chi connectivity index (χ0) is 8.60. The van der Waals surface area contributed by atoms with Crippen LogP contribution < -0.4 is 5.73 Å². The fourth-order valence-corrected chi connectivity index (χ4v) is 1.57. The molecule has 1 fully saturated rings. The Hall–Kier alpha value is -0.450. The zero-order valence-corrected chi connectivity index (χ0v) is 8.04. The van der Waals surface area contributed by atoms with Gasteiger partial charge in [-0.15, -0.1) is 0 Å². The third-order valence-electron chi connectivity index (χ3n) is 2.02. The lowest BCUT2D eigenvalue weighted by molar-refractivity contribution is -0.0569. The van der Waals surface area contributed by atoms with E-state index in [1.54, 1.807) is 6.20 Å². The van der Waals surface area contributed by atoms with Crippen molar-refractivity contribution >= 4 is 15.9 Å². The summed E-state index contributed by atoms with van der Waals surface area (Å²) in [7, 11) is 0. The highest BCUT2D eigenvalue weighted by atomic mass is 79.9. The Kier molecular flexibility index (Phi) is 1.90. The standard InChI is InChI=1S/C8H9BrN2O/c9-7-3-6(1-2-11-7)8(10)4-12-5-8/h1-3H,4-5,10H2. The van der Waals surface area contributed by atoms with E-state index in [0.717, 1.165) is 10.2 Å². The number of hydrogen-bond acceptors (Lipinski definition) is 3. The third-order valence-corrected chi connectivity index (χ3v) is 2.45. The highest BCUT2D eigenvalue weighted by Crippen LogP contribution is 2.27. The smallest absolute Gasteiger partial charge is 0.106 e. The molecular weight excluding hydrogens is 220 g/mol. The molecule has 1 aromatic heterocycles. The zero-order valence-electron chi connectivity index (χ0n) is 6.46. The van der Waals surface area contributed by atoms with Gasteiger partial charge in [-0.3, -0.25) is 0 Å². The molecule has 12 heavy (non-hydrogen) atoms. The number of nitrogens with two attached hydrogens (primary N) is 1. The molecule has 0 spiro atoms. The first-order valence-electron chi connectivity index (χ1n) is 3.69. The fourth-order valence-electron chi connectivity index (χ4n) is 1.20. The molecule has 1 aliphatic heterocycles. The number of aromatic nitrogens is 1. The first-order valence-corrected chi connectivity index (χ1v) is 4.49. The molecule has 2 rings (SSSR count). The fraction of sp³-hybridized carbons (Fsp3) is 0.375. The van der Waals surface area contributed by atoms with E-state index in [1.165, 1.54) is 0 Å². The molecule has 0 atom stereocenters. The normalized spacial score (nSPS) is 20.2. The monoisotopic (exact) mass is 228 g/mol. The molecule has 0 amide bonds. The molecule has 64 valence electrons. The first kappa shape index (κ1) is 8.16. The Bertz CT molecular complexity index is 299. The van der Waals surface area contributed by atoms with Crippen molar-refractivity contribution in [3.8, 4) is 0 Å². The number of ether oxygens (including phenoxy) is 1. The molecular formula is C8H9BrN2O. The van der Waals surface area contributed by atoms with Crippen LogP contribution >= 0.6 is 15.9 Å². The SMILES string of the molecule is NC1(c2ccnc(Br)c2)COC1. The summed E-state index contributed by atoms with van der Waals surface area (Å²) in [6.07, 6.45) is 1.74. The second kappa shape index (κ2) is 2.80. The summed E-state index contributed by atoms with van der Waals surface area (Å²) >= 11 is 3.30. The van der Waals surface area contributed by atoms with E-state index in [0.29, 0.717) is 13.2 Å². The molecule has 0 aliphatic carbocycles. The minimum absolute atomic E-state index is 0.286. The predicted molar refractivity (Wildman–Crippen MR) is 48.6 cm³/mol. The molecule has 1 aromatic rings. The lowest BCUT2D eigenvalue weighted by Gasteiger charge is -2.38. The van der Waals surface area contributed by atoms with Crippen molar-refractivity contribution in [2.75, 3.05) is 13.2 Å². The van der Waals surface area contributed by atoms with Gasteiger partial charge in [0.2, 0.25) is 0 Å². The van der Waals surface area contributed by atoms with Crippen LogP contribution in [0.5, 0.6) is 0 Å². The van der Waals surface area contributed by atoms with Crippen LogP contribution in [0.2, 0.25) is 0 Å². The molecule has 2 N–H and O–H groups in total. The highest BCUT2D eigenvalue weighted by molar-refractivity contribution is 9.10. The minimum atomic E-state index is -0.286. The second-order valence-corrected chi connectivity index (χ2v) is 3.83. The maximum absolute atomic E-state index is 6.02. The van der Waals surface area contributed by atoms with Crippen molar-refractivity contribution in [2.45, 2.75) is 5.54 Å². The Balaban J connectivity index is 2.33. The lowest BCUT2D eigenvalue weighted by Crippen LogP contribution is -2.54. The van der Waals surface area contributed by atoms with Gasteiger partial charge >= 0.3 is 0 Å². The Labute approximate surface area is 79.1 Å². The van der Waals surface area contributed by atoms with Gasteiger partial charge in [-0.2, -0.15) is 0 Å². The quantitative estimate of drug-likeness (QED) is 0.731. The number of hydrogen-bond donors (Lipinski definition) is 1. The Morgan fingerprint density at radius 3 is 2.83 bits per heavy atom. The van der Waals surface area contributed by atoms with E-state index in [9.17, 15) is 0 Å². The van der Waals surface area contributed by atoms with Gasteiger partial charge in [0.05, 0.1) is 18.8 Å². The molecule has 4 heteroatoms. The second-order valence-electron chi connectivity index (χ2n) is 3.02. The molecule has 0 radical (unpaired) electrons. The number of halogens is 1. The molecule has 2 heterocycles. The summed E-state index contributed by atoms with van der Waals surface area (Å²) in [4.78, 5) is 4.03. The van der Waals surface area contributed by atoms with Crippen molar-refractivity contribution in [1.82, 2.24) is 4.98 Å². The van der Waals surface area contributed by atoms with Gasteiger partial charge in [-0.25, -0.2) is 4.98 Å². The predicted octanol–water partition coefficient (Wildman–Crippen LogP) is 1.03. The minimum Gasteiger partial charge on any atom is -0.377 e. The number of rotatable bonds is 1. The molecule has 1 saturated heterocycles. The third kappa shape index (κ3) is 1.26. The number of nitrogens with zero attached hydrogens (tertiary/aromatic N) is 1. The van der Waals surface area contributed by atoms with Gasteiger partial charge in [0, 0.05) is 6.20 Å². The molecule has 0 saturated carbocycles. The van der Waals surface area contributed by atoms with Gasteiger partial charge in [0.25, 0.3) is 0 Å². The molecule has 1 aliphatic rings. The van der Waals surface area contributed by atoms with Crippen LogP contribution in [0.25, 0.3) is 0 Å². The topological polar surface area (TPSA) is 48.1 Å². The van der Waals surface area contributed by atoms with Gasteiger partial charge in [-0.05, 0) is 33.6 Å².